The number of piperidine rings is 1. The quantitative estimate of drug-likeness (QED) is 0.295. The fraction of sp³-hybridized carbons (Fsp3) is 0.321. The molecule has 3 aromatic rings. The van der Waals surface area contributed by atoms with Gasteiger partial charge in [0.1, 0.15) is 0 Å². The molecular weight excluding hydrogens is 446 g/mol. The molecule has 0 bridgehead atoms. The normalized spacial score (nSPS) is 19.1. The molecule has 2 atom stereocenters. The summed E-state index contributed by atoms with van der Waals surface area (Å²) in [6.07, 6.45) is 1.12. The van der Waals surface area contributed by atoms with Gasteiger partial charge in [-0.15, -0.1) is 11.8 Å². The van der Waals surface area contributed by atoms with E-state index in [2.05, 4.69) is 13.8 Å². The van der Waals surface area contributed by atoms with Crippen LogP contribution in [0.1, 0.15) is 36.2 Å². The van der Waals surface area contributed by atoms with Gasteiger partial charge in [-0.05, 0) is 40.8 Å². The molecule has 0 N–H and O–H groups in total. The number of benzene rings is 3. The molecule has 2 aliphatic rings. The molecule has 5 rings (SSSR count). The van der Waals surface area contributed by atoms with Crippen molar-refractivity contribution >= 4 is 40.2 Å². The molecule has 0 spiro atoms. The van der Waals surface area contributed by atoms with Crippen molar-refractivity contribution in [3.63, 3.8) is 0 Å². The number of thioether (sulfide) groups is 1. The minimum Gasteiger partial charge on any atom is -0.455 e. The summed E-state index contributed by atoms with van der Waals surface area (Å²) in [5.41, 5.74) is 3.37. The SMILES string of the molecule is CC1CC(C)CN(C(=O)COC(=O)CSc2ccc3c4c(cccc24)C(=O)c2ccccc2-3)C1. The number of carbonyl (C=O) groups is 3. The molecule has 1 aliphatic carbocycles. The highest BCUT2D eigenvalue weighted by molar-refractivity contribution is 8.00. The van der Waals surface area contributed by atoms with E-state index in [1.807, 2.05) is 54.6 Å². The number of fused-ring (bicyclic) bond motifs is 2. The highest BCUT2D eigenvalue weighted by atomic mass is 32.2. The number of amides is 1. The van der Waals surface area contributed by atoms with Crippen molar-refractivity contribution in [3.8, 4) is 11.1 Å². The van der Waals surface area contributed by atoms with Gasteiger partial charge in [-0.1, -0.05) is 62.4 Å². The molecule has 3 aromatic carbocycles. The van der Waals surface area contributed by atoms with Crippen LogP contribution in [0.4, 0.5) is 0 Å². The molecule has 0 radical (unpaired) electrons. The number of rotatable bonds is 5. The first-order chi connectivity index (χ1) is 16.4. The van der Waals surface area contributed by atoms with E-state index in [-0.39, 0.29) is 24.1 Å². The third-order valence-electron chi connectivity index (χ3n) is 6.63. The maximum Gasteiger partial charge on any atom is 0.316 e. The number of nitrogens with zero attached hydrogens (tertiary/aromatic N) is 1. The standard InChI is InChI=1S/C28H27NO4S/c1-17-12-18(2)14-29(13-17)25(30)15-33-26(31)16-34-24-11-10-20-19-6-3-4-7-21(19)28(32)23-9-5-8-22(24)27(20)23/h3-11,17-18H,12-16H2,1-2H3. The average Bonchev–Trinajstić information content (AvgIpc) is 2.84. The van der Waals surface area contributed by atoms with E-state index in [1.54, 1.807) is 4.90 Å². The van der Waals surface area contributed by atoms with Crippen LogP contribution in [0.15, 0.2) is 59.5 Å². The Balaban J connectivity index is 1.28. The number of ether oxygens (including phenoxy) is 1. The minimum atomic E-state index is -0.418. The second kappa shape index (κ2) is 9.26. The molecule has 1 heterocycles. The van der Waals surface area contributed by atoms with Gasteiger partial charge in [0.2, 0.25) is 0 Å². The molecule has 34 heavy (non-hydrogen) atoms. The molecule has 0 aromatic heterocycles. The van der Waals surface area contributed by atoms with Crippen LogP contribution in [0, 0.1) is 11.8 Å². The monoisotopic (exact) mass is 473 g/mol. The van der Waals surface area contributed by atoms with Crippen LogP contribution in [-0.2, 0) is 14.3 Å². The molecule has 174 valence electrons. The fourth-order valence-corrected chi connectivity index (χ4v) is 6.11. The summed E-state index contributed by atoms with van der Waals surface area (Å²) < 4.78 is 5.30. The lowest BCUT2D eigenvalue weighted by Gasteiger charge is -2.34. The Morgan fingerprint density at radius 3 is 2.38 bits per heavy atom. The van der Waals surface area contributed by atoms with Crippen LogP contribution >= 0.6 is 11.8 Å². The molecule has 2 unspecified atom stereocenters. The van der Waals surface area contributed by atoms with Gasteiger partial charge in [0.05, 0.1) is 5.75 Å². The van der Waals surface area contributed by atoms with Gasteiger partial charge in [0.25, 0.3) is 5.91 Å². The summed E-state index contributed by atoms with van der Waals surface area (Å²) in [4.78, 5) is 40.7. The van der Waals surface area contributed by atoms with E-state index in [0.29, 0.717) is 23.0 Å². The topological polar surface area (TPSA) is 63.7 Å². The number of likely N-dealkylation sites (tertiary alicyclic amines) is 1. The first kappa shape index (κ1) is 22.7. The van der Waals surface area contributed by atoms with Crippen LogP contribution in [0.3, 0.4) is 0 Å². The van der Waals surface area contributed by atoms with E-state index < -0.39 is 5.97 Å². The van der Waals surface area contributed by atoms with Crippen molar-refractivity contribution < 1.29 is 19.1 Å². The highest BCUT2D eigenvalue weighted by Gasteiger charge is 2.27. The molecule has 1 amide bonds. The maximum atomic E-state index is 13.1. The number of ketones is 1. The first-order valence-corrected chi connectivity index (χ1v) is 12.7. The number of carbonyl (C=O) groups excluding carboxylic acids is 3. The van der Waals surface area contributed by atoms with Gasteiger partial charge in [-0.3, -0.25) is 14.4 Å². The zero-order chi connectivity index (χ0) is 23.8. The molecule has 5 nitrogen and oxygen atoms in total. The lowest BCUT2D eigenvalue weighted by molar-refractivity contribution is -0.151. The summed E-state index contributed by atoms with van der Waals surface area (Å²) in [6, 6.07) is 17.4. The van der Waals surface area contributed by atoms with Crippen molar-refractivity contribution in [1.29, 1.82) is 0 Å². The van der Waals surface area contributed by atoms with E-state index >= 15 is 0 Å². The first-order valence-electron chi connectivity index (χ1n) is 11.7. The molecule has 1 aliphatic heterocycles. The highest BCUT2D eigenvalue weighted by Crippen LogP contribution is 2.42. The zero-order valence-corrected chi connectivity index (χ0v) is 20.2. The fourth-order valence-electron chi connectivity index (χ4n) is 5.26. The van der Waals surface area contributed by atoms with Crippen molar-refractivity contribution in [2.24, 2.45) is 11.8 Å². The van der Waals surface area contributed by atoms with Crippen LogP contribution < -0.4 is 0 Å². The van der Waals surface area contributed by atoms with Gasteiger partial charge in [-0.25, -0.2) is 0 Å². The van der Waals surface area contributed by atoms with Gasteiger partial charge in [0, 0.05) is 34.5 Å². The van der Waals surface area contributed by atoms with E-state index in [1.165, 1.54) is 11.8 Å². The van der Waals surface area contributed by atoms with Crippen LogP contribution in [0.25, 0.3) is 21.9 Å². The molecule has 1 saturated heterocycles. The molecule has 6 heteroatoms. The Morgan fingerprint density at radius 2 is 1.62 bits per heavy atom. The third-order valence-corrected chi connectivity index (χ3v) is 7.68. The summed E-state index contributed by atoms with van der Waals surface area (Å²) in [5.74, 6) is 0.504. The number of hydrogen-bond acceptors (Lipinski definition) is 5. The Morgan fingerprint density at radius 1 is 0.912 bits per heavy atom. The van der Waals surface area contributed by atoms with Crippen LogP contribution in [0.5, 0.6) is 0 Å². The predicted molar refractivity (Wildman–Crippen MR) is 134 cm³/mol. The van der Waals surface area contributed by atoms with Crippen molar-refractivity contribution in [2.45, 2.75) is 25.2 Å². The molecular formula is C28H27NO4S. The Kier molecular flexibility index (Phi) is 6.17. The predicted octanol–water partition coefficient (Wildman–Crippen LogP) is 5.19. The maximum absolute atomic E-state index is 13.1. The third kappa shape index (κ3) is 4.23. The van der Waals surface area contributed by atoms with Gasteiger partial charge in [0.15, 0.2) is 12.4 Å². The van der Waals surface area contributed by atoms with E-state index in [0.717, 1.165) is 46.3 Å². The Bertz CT molecular complexity index is 1290. The molecule has 0 saturated carbocycles. The lowest BCUT2D eigenvalue weighted by Crippen LogP contribution is -2.44. The minimum absolute atomic E-state index is 0.0233. The smallest absolute Gasteiger partial charge is 0.316 e. The van der Waals surface area contributed by atoms with Crippen LogP contribution in [0.2, 0.25) is 0 Å². The van der Waals surface area contributed by atoms with Crippen LogP contribution in [-0.4, -0.2) is 48.0 Å². The Labute approximate surface area is 203 Å². The summed E-state index contributed by atoms with van der Waals surface area (Å²) in [6.45, 7) is 5.51. The second-order valence-electron chi connectivity index (χ2n) is 9.41. The molecule has 1 fully saturated rings. The van der Waals surface area contributed by atoms with Crippen molar-refractivity contribution in [1.82, 2.24) is 4.90 Å². The van der Waals surface area contributed by atoms with E-state index in [9.17, 15) is 14.4 Å². The van der Waals surface area contributed by atoms with Gasteiger partial charge < -0.3 is 9.64 Å². The number of esters is 1. The van der Waals surface area contributed by atoms with Gasteiger partial charge in [-0.2, -0.15) is 0 Å². The summed E-state index contributed by atoms with van der Waals surface area (Å²) >= 11 is 1.37. The Hall–Kier alpha value is -3.12. The zero-order valence-electron chi connectivity index (χ0n) is 19.4. The number of hydrogen-bond donors (Lipinski definition) is 0. The average molecular weight is 474 g/mol. The van der Waals surface area contributed by atoms with Gasteiger partial charge >= 0.3 is 5.97 Å². The summed E-state index contributed by atoms with van der Waals surface area (Å²) in [7, 11) is 0. The lowest BCUT2D eigenvalue weighted by atomic mass is 9.83. The summed E-state index contributed by atoms with van der Waals surface area (Å²) in [5, 5.41) is 1.87. The van der Waals surface area contributed by atoms with Crippen molar-refractivity contribution in [3.05, 3.63) is 65.7 Å². The largest absolute Gasteiger partial charge is 0.455 e. The van der Waals surface area contributed by atoms with E-state index in [4.69, 9.17) is 4.74 Å². The second-order valence-corrected chi connectivity index (χ2v) is 10.4. The van der Waals surface area contributed by atoms with Crippen molar-refractivity contribution in [2.75, 3.05) is 25.4 Å².